The molecule has 0 bridgehead atoms. The van der Waals surface area contributed by atoms with Crippen LogP contribution in [0.2, 0.25) is 0 Å². The number of aromatic nitrogens is 2. The SMILES string of the molecule is CN1CC[C@@](O)(C#Cc2cccc(C(CN3CCOCC3)Nc3nccc(C(N)=O)n3)c2)C1=O. The molecule has 2 atom stereocenters. The second-order valence-corrected chi connectivity index (χ2v) is 8.45. The standard InChI is InChI=1S/C24H28N6O4/c1-29-10-8-24(33,22(29)32)7-5-17-3-2-4-18(15-17)20(16-30-11-13-34-14-12-30)28-23-26-9-6-19(27-23)21(25)31/h2-4,6,9,15,20,33H,8,10-14,16H2,1H3,(H2,25,31)(H,26,27,28)/t20?,24-/m0/s1. The average molecular weight is 465 g/mol. The summed E-state index contributed by atoms with van der Waals surface area (Å²) >= 11 is 0. The molecule has 1 aromatic heterocycles. The molecule has 2 aromatic rings. The Balaban J connectivity index is 1.60. The smallest absolute Gasteiger partial charge is 0.267 e. The van der Waals surface area contributed by atoms with Gasteiger partial charge < -0.3 is 25.8 Å². The van der Waals surface area contributed by atoms with Crippen LogP contribution >= 0.6 is 0 Å². The lowest BCUT2D eigenvalue weighted by atomic mass is 10.0. The van der Waals surface area contributed by atoms with Gasteiger partial charge in [0.15, 0.2) is 0 Å². The van der Waals surface area contributed by atoms with E-state index in [1.807, 2.05) is 24.3 Å². The molecule has 0 radical (unpaired) electrons. The summed E-state index contributed by atoms with van der Waals surface area (Å²) in [5, 5.41) is 13.9. The van der Waals surface area contributed by atoms with E-state index in [2.05, 4.69) is 32.0 Å². The molecule has 0 saturated carbocycles. The molecule has 0 aliphatic carbocycles. The first-order valence-corrected chi connectivity index (χ1v) is 11.1. The van der Waals surface area contributed by atoms with E-state index in [-0.39, 0.29) is 24.1 Å². The lowest BCUT2D eigenvalue weighted by molar-refractivity contribution is -0.137. The van der Waals surface area contributed by atoms with Crippen molar-refractivity contribution in [3.63, 3.8) is 0 Å². The van der Waals surface area contributed by atoms with Gasteiger partial charge in [-0.15, -0.1) is 0 Å². The number of rotatable bonds is 6. The van der Waals surface area contributed by atoms with Crippen molar-refractivity contribution in [2.45, 2.75) is 18.1 Å². The van der Waals surface area contributed by atoms with Crippen molar-refractivity contribution < 1.29 is 19.4 Å². The van der Waals surface area contributed by atoms with Crippen LogP contribution in [0, 0.1) is 11.8 Å². The Morgan fingerprint density at radius 2 is 2.12 bits per heavy atom. The Labute approximate surface area is 198 Å². The molecule has 0 spiro atoms. The fraction of sp³-hybridized carbons (Fsp3) is 0.417. The van der Waals surface area contributed by atoms with Crippen molar-refractivity contribution in [2.75, 3.05) is 51.8 Å². The van der Waals surface area contributed by atoms with Crippen molar-refractivity contribution in [1.29, 1.82) is 0 Å². The summed E-state index contributed by atoms with van der Waals surface area (Å²) in [6, 6.07) is 8.83. The molecule has 1 aromatic carbocycles. The molecular weight excluding hydrogens is 436 g/mol. The number of amides is 2. The number of likely N-dealkylation sites (tertiary alicyclic amines) is 1. The van der Waals surface area contributed by atoms with Crippen LogP contribution in [0.25, 0.3) is 0 Å². The monoisotopic (exact) mass is 464 g/mol. The molecule has 2 amide bonds. The van der Waals surface area contributed by atoms with E-state index in [1.165, 1.54) is 17.2 Å². The number of nitrogens with zero attached hydrogens (tertiary/aromatic N) is 4. The minimum atomic E-state index is -1.65. The van der Waals surface area contributed by atoms with Gasteiger partial charge >= 0.3 is 0 Å². The average Bonchev–Trinajstić information content (AvgIpc) is 3.11. The number of hydrogen-bond donors (Lipinski definition) is 3. The molecule has 10 heteroatoms. The Kier molecular flexibility index (Phi) is 7.07. The van der Waals surface area contributed by atoms with E-state index < -0.39 is 11.5 Å². The van der Waals surface area contributed by atoms with Crippen LogP contribution in [-0.4, -0.2) is 88.7 Å². The zero-order valence-corrected chi connectivity index (χ0v) is 19.0. The van der Waals surface area contributed by atoms with Gasteiger partial charge in [0.05, 0.1) is 19.3 Å². The summed E-state index contributed by atoms with van der Waals surface area (Å²) in [5.74, 6) is 5.01. The highest BCUT2D eigenvalue weighted by Gasteiger charge is 2.42. The molecule has 2 aliphatic heterocycles. The summed E-state index contributed by atoms with van der Waals surface area (Å²) < 4.78 is 5.46. The number of anilines is 1. The van der Waals surface area contributed by atoms with Crippen LogP contribution < -0.4 is 11.1 Å². The number of likely N-dealkylation sites (N-methyl/N-ethyl adjacent to an activating group) is 1. The molecular formula is C24H28N6O4. The molecule has 2 fully saturated rings. The van der Waals surface area contributed by atoms with Crippen LogP contribution in [0.1, 0.15) is 34.1 Å². The van der Waals surface area contributed by atoms with Gasteiger partial charge in [-0.25, -0.2) is 9.97 Å². The van der Waals surface area contributed by atoms with Crippen LogP contribution in [0.4, 0.5) is 5.95 Å². The van der Waals surface area contributed by atoms with Crippen LogP contribution in [0.3, 0.4) is 0 Å². The zero-order chi connectivity index (χ0) is 24.1. The van der Waals surface area contributed by atoms with Crippen LogP contribution in [0.5, 0.6) is 0 Å². The number of carbonyl (C=O) groups is 2. The Hall–Kier alpha value is -3.52. The largest absolute Gasteiger partial charge is 0.379 e. The quantitative estimate of drug-likeness (QED) is 0.509. The van der Waals surface area contributed by atoms with E-state index in [0.29, 0.717) is 37.8 Å². The summed E-state index contributed by atoms with van der Waals surface area (Å²) in [6.07, 6.45) is 1.77. The van der Waals surface area contributed by atoms with Crippen molar-refractivity contribution in [1.82, 2.24) is 19.8 Å². The minimum absolute atomic E-state index is 0.127. The first-order chi connectivity index (χ1) is 16.3. The maximum atomic E-state index is 12.2. The summed E-state index contributed by atoms with van der Waals surface area (Å²) in [7, 11) is 1.65. The van der Waals surface area contributed by atoms with Gasteiger partial charge in [0.25, 0.3) is 11.8 Å². The molecule has 4 rings (SSSR count). The first kappa shape index (κ1) is 23.6. The van der Waals surface area contributed by atoms with Gasteiger partial charge in [-0.2, -0.15) is 0 Å². The first-order valence-electron chi connectivity index (χ1n) is 11.1. The number of hydrogen-bond acceptors (Lipinski definition) is 8. The molecule has 34 heavy (non-hydrogen) atoms. The second kappa shape index (κ2) is 10.2. The van der Waals surface area contributed by atoms with Gasteiger partial charge in [-0.05, 0) is 23.8 Å². The van der Waals surface area contributed by atoms with E-state index >= 15 is 0 Å². The van der Waals surface area contributed by atoms with E-state index in [4.69, 9.17) is 10.5 Å². The summed E-state index contributed by atoms with van der Waals surface area (Å²) in [4.78, 5) is 36.0. The summed E-state index contributed by atoms with van der Waals surface area (Å²) in [5.41, 5.74) is 5.44. The van der Waals surface area contributed by atoms with E-state index in [1.54, 1.807) is 7.05 Å². The third kappa shape index (κ3) is 5.51. The molecule has 1 unspecified atom stereocenters. The molecule has 4 N–H and O–H groups in total. The van der Waals surface area contributed by atoms with Gasteiger partial charge in [0.2, 0.25) is 11.5 Å². The van der Waals surface area contributed by atoms with Crippen LogP contribution in [0.15, 0.2) is 36.5 Å². The maximum Gasteiger partial charge on any atom is 0.267 e. The molecule has 178 valence electrons. The highest BCUT2D eigenvalue weighted by Crippen LogP contribution is 2.23. The normalized spacial score (nSPS) is 21.6. The minimum Gasteiger partial charge on any atom is -0.379 e. The summed E-state index contributed by atoms with van der Waals surface area (Å²) in [6.45, 7) is 4.03. The third-order valence-electron chi connectivity index (χ3n) is 5.97. The number of benzene rings is 1. The maximum absolute atomic E-state index is 12.2. The Bertz CT molecular complexity index is 1120. The van der Waals surface area contributed by atoms with Crippen molar-refractivity contribution in [3.05, 3.63) is 53.3 Å². The lowest BCUT2D eigenvalue weighted by Gasteiger charge is -2.31. The van der Waals surface area contributed by atoms with Gasteiger partial charge in [0, 0.05) is 51.4 Å². The molecule has 10 nitrogen and oxygen atoms in total. The van der Waals surface area contributed by atoms with Crippen LogP contribution in [-0.2, 0) is 9.53 Å². The zero-order valence-electron chi connectivity index (χ0n) is 19.0. The van der Waals surface area contributed by atoms with Gasteiger partial charge in [-0.3, -0.25) is 14.5 Å². The highest BCUT2D eigenvalue weighted by molar-refractivity contribution is 5.91. The number of morpholine rings is 1. The van der Waals surface area contributed by atoms with E-state index in [0.717, 1.165) is 18.7 Å². The number of carbonyl (C=O) groups excluding carboxylic acids is 2. The Morgan fingerprint density at radius 3 is 2.82 bits per heavy atom. The molecule has 3 heterocycles. The fourth-order valence-corrected chi connectivity index (χ4v) is 3.98. The Morgan fingerprint density at radius 1 is 1.32 bits per heavy atom. The lowest BCUT2D eigenvalue weighted by Crippen LogP contribution is -2.40. The van der Waals surface area contributed by atoms with Crippen molar-refractivity contribution >= 4 is 17.8 Å². The van der Waals surface area contributed by atoms with Crippen molar-refractivity contribution in [3.8, 4) is 11.8 Å². The van der Waals surface area contributed by atoms with Gasteiger partial charge in [-0.1, -0.05) is 24.0 Å². The van der Waals surface area contributed by atoms with Gasteiger partial charge in [0.1, 0.15) is 5.69 Å². The topological polar surface area (TPSA) is 134 Å². The molecule has 2 aliphatic rings. The number of nitrogens with one attached hydrogen (secondary N) is 1. The predicted molar refractivity (Wildman–Crippen MR) is 125 cm³/mol. The number of primary amides is 1. The number of ether oxygens (including phenoxy) is 1. The third-order valence-corrected chi connectivity index (χ3v) is 5.97. The van der Waals surface area contributed by atoms with Crippen molar-refractivity contribution in [2.24, 2.45) is 5.73 Å². The van der Waals surface area contributed by atoms with E-state index in [9.17, 15) is 14.7 Å². The fourth-order valence-electron chi connectivity index (χ4n) is 3.98. The second-order valence-electron chi connectivity index (χ2n) is 8.45. The number of aliphatic hydroxyl groups is 1. The highest BCUT2D eigenvalue weighted by atomic mass is 16.5. The predicted octanol–water partition coefficient (Wildman–Crippen LogP) is 0.00560. The molecule has 2 saturated heterocycles. The number of nitrogens with two attached hydrogens (primary N) is 1.